The number of methoxy groups -OCH3 is 2. The maximum absolute atomic E-state index is 5.38. The highest BCUT2D eigenvalue weighted by molar-refractivity contribution is 7.71. The maximum Gasteiger partial charge on any atom is 0.242 e. The van der Waals surface area contributed by atoms with E-state index in [1.807, 2.05) is 24.3 Å². The van der Waals surface area contributed by atoms with Crippen molar-refractivity contribution < 1.29 is 9.47 Å². The Kier molecular flexibility index (Phi) is 3.11. The summed E-state index contributed by atoms with van der Waals surface area (Å²) in [5, 5.41) is 0. The van der Waals surface area contributed by atoms with Crippen LogP contribution in [0.15, 0.2) is 30.6 Å². The third kappa shape index (κ3) is 1.83. The normalized spacial score (nSPS) is 10.7. The zero-order valence-electron chi connectivity index (χ0n) is 11.0. The second kappa shape index (κ2) is 4.93. The molecule has 0 fully saturated rings. The Morgan fingerprint density at radius 1 is 1.15 bits per heavy atom. The summed E-state index contributed by atoms with van der Waals surface area (Å²) >= 11 is 5.38. The zero-order valence-corrected chi connectivity index (χ0v) is 11.8. The molecule has 0 aliphatic rings. The molecule has 0 aliphatic carbocycles. The van der Waals surface area contributed by atoms with Crippen LogP contribution in [0.25, 0.3) is 16.9 Å². The molecule has 0 amide bonds. The highest BCUT2D eigenvalue weighted by Gasteiger charge is 2.15. The first kappa shape index (κ1) is 12.6. The molecule has 0 aliphatic heterocycles. The van der Waals surface area contributed by atoms with Gasteiger partial charge in [0.25, 0.3) is 0 Å². The van der Waals surface area contributed by atoms with Crippen molar-refractivity contribution in [2.45, 2.75) is 0 Å². The van der Waals surface area contributed by atoms with E-state index in [4.69, 9.17) is 21.7 Å². The van der Waals surface area contributed by atoms with E-state index in [0.717, 1.165) is 5.69 Å². The van der Waals surface area contributed by atoms with Crippen LogP contribution in [0.1, 0.15) is 0 Å². The van der Waals surface area contributed by atoms with Gasteiger partial charge in [0, 0.05) is 0 Å². The first-order valence-electron chi connectivity index (χ1n) is 5.89. The minimum absolute atomic E-state index is 0.453. The molecule has 1 aromatic carbocycles. The Hall–Kier alpha value is -2.41. The summed E-state index contributed by atoms with van der Waals surface area (Å²) in [7, 11) is 3.17. The van der Waals surface area contributed by atoms with Gasteiger partial charge in [-0.15, -0.1) is 0 Å². The molecule has 102 valence electrons. The molecular weight excluding hydrogens is 276 g/mol. The van der Waals surface area contributed by atoms with Crippen molar-refractivity contribution >= 4 is 23.4 Å². The molecule has 2 heterocycles. The largest absolute Gasteiger partial charge is 0.495 e. The van der Waals surface area contributed by atoms with Crippen LogP contribution < -0.4 is 9.47 Å². The number of para-hydroxylation sites is 2. The van der Waals surface area contributed by atoms with E-state index in [-0.39, 0.29) is 0 Å². The number of H-pyrrole nitrogens is 1. The smallest absolute Gasteiger partial charge is 0.242 e. The minimum Gasteiger partial charge on any atom is -0.495 e. The van der Waals surface area contributed by atoms with Crippen LogP contribution in [-0.4, -0.2) is 33.7 Å². The van der Waals surface area contributed by atoms with Gasteiger partial charge < -0.3 is 14.5 Å². The number of benzene rings is 1. The van der Waals surface area contributed by atoms with E-state index >= 15 is 0 Å². The SMILES string of the molecule is COc1ccccc1-n1c(=S)[nH]c2c(OC)ncnc21. The molecule has 0 radical (unpaired) electrons. The molecule has 20 heavy (non-hydrogen) atoms. The predicted octanol–water partition coefficient (Wildman–Crippen LogP) is 2.50. The third-order valence-corrected chi connectivity index (χ3v) is 3.24. The Morgan fingerprint density at radius 2 is 1.95 bits per heavy atom. The van der Waals surface area contributed by atoms with Gasteiger partial charge in [0.05, 0.1) is 19.9 Å². The van der Waals surface area contributed by atoms with Gasteiger partial charge >= 0.3 is 0 Å². The van der Waals surface area contributed by atoms with Crippen molar-refractivity contribution in [3.05, 3.63) is 35.4 Å². The van der Waals surface area contributed by atoms with Crippen molar-refractivity contribution in [3.63, 3.8) is 0 Å². The minimum atomic E-state index is 0.453. The maximum atomic E-state index is 5.38. The van der Waals surface area contributed by atoms with E-state index in [0.29, 0.717) is 27.6 Å². The zero-order chi connectivity index (χ0) is 14.1. The second-order valence-electron chi connectivity index (χ2n) is 4.02. The molecule has 3 rings (SSSR count). The van der Waals surface area contributed by atoms with Gasteiger partial charge in [-0.25, -0.2) is 4.98 Å². The summed E-state index contributed by atoms with van der Waals surface area (Å²) in [6.45, 7) is 0. The lowest BCUT2D eigenvalue weighted by atomic mass is 10.3. The fourth-order valence-electron chi connectivity index (χ4n) is 2.09. The van der Waals surface area contributed by atoms with Crippen molar-refractivity contribution in [2.75, 3.05) is 14.2 Å². The van der Waals surface area contributed by atoms with Crippen molar-refractivity contribution in [1.29, 1.82) is 0 Å². The highest BCUT2D eigenvalue weighted by Crippen LogP contribution is 2.28. The average Bonchev–Trinajstić information content (AvgIpc) is 2.82. The summed E-state index contributed by atoms with van der Waals surface area (Å²) in [6, 6.07) is 7.60. The van der Waals surface area contributed by atoms with E-state index < -0.39 is 0 Å². The number of nitrogens with one attached hydrogen (secondary N) is 1. The Bertz CT molecular complexity index is 825. The van der Waals surface area contributed by atoms with Gasteiger partial charge in [0.15, 0.2) is 10.4 Å². The number of rotatable bonds is 3. The second-order valence-corrected chi connectivity index (χ2v) is 4.41. The summed E-state index contributed by atoms with van der Waals surface area (Å²) in [4.78, 5) is 11.4. The molecule has 0 saturated heterocycles. The number of fused-ring (bicyclic) bond motifs is 1. The van der Waals surface area contributed by atoms with Gasteiger partial charge in [-0.2, -0.15) is 4.98 Å². The van der Waals surface area contributed by atoms with Crippen LogP contribution >= 0.6 is 12.2 Å². The van der Waals surface area contributed by atoms with Crippen LogP contribution in [-0.2, 0) is 0 Å². The van der Waals surface area contributed by atoms with Crippen LogP contribution in [0.3, 0.4) is 0 Å². The summed E-state index contributed by atoms with van der Waals surface area (Å²) < 4.78 is 12.9. The standard InChI is InChI=1S/C13H12N4O2S/c1-18-9-6-4-3-5-8(9)17-11-10(16-13(17)20)12(19-2)15-7-14-11/h3-7H,1-2H3,(H,16,20). The predicted molar refractivity (Wildman–Crippen MR) is 77.2 cm³/mol. The average molecular weight is 288 g/mol. The molecule has 6 nitrogen and oxygen atoms in total. The van der Waals surface area contributed by atoms with Crippen LogP contribution in [0.5, 0.6) is 11.6 Å². The fourth-order valence-corrected chi connectivity index (χ4v) is 2.38. The van der Waals surface area contributed by atoms with E-state index in [1.165, 1.54) is 6.33 Å². The summed E-state index contributed by atoms with van der Waals surface area (Å²) in [6.07, 6.45) is 1.44. The molecule has 0 saturated carbocycles. The Morgan fingerprint density at radius 3 is 2.70 bits per heavy atom. The fraction of sp³-hybridized carbons (Fsp3) is 0.154. The first-order chi connectivity index (χ1) is 9.76. The summed E-state index contributed by atoms with van der Waals surface area (Å²) in [5.41, 5.74) is 2.12. The lowest BCUT2D eigenvalue weighted by Gasteiger charge is -2.09. The Labute approximate surface area is 120 Å². The number of nitrogens with zero attached hydrogens (tertiary/aromatic N) is 3. The monoisotopic (exact) mass is 288 g/mol. The van der Waals surface area contributed by atoms with Gasteiger partial charge in [-0.1, -0.05) is 12.1 Å². The quantitative estimate of drug-likeness (QED) is 0.750. The number of aromatic nitrogens is 4. The van der Waals surface area contributed by atoms with Gasteiger partial charge in [0.2, 0.25) is 5.88 Å². The molecule has 0 unspecified atom stereocenters. The molecule has 0 atom stereocenters. The number of ether oxygens (including phenoxy) is 2. The lowest BCUT2D eigenvalue weighted by Crippen LogP contribution is -1.99. The van der Waals surface area contributed by atoms with E-state index in [1.54, 1.807) is 18.8 Å². The van der Waals surface area contributed by atoms with Gasteiger partial charge in [0.1, 0.15) is 17.6 Å². The van der Waals surface area contributed by atoms with Crippen molar-refractivity contribution in [3.8, 4) is 17.3 Å². The third-order valence-electron chi connectivity index (χ3n) is 2.96. The molecule has 2 aromatic heterocycles. The van der Waals surface area contributed by atoms with Gasteiger partial charge in [-0.05, 0) is 24.4 Å². The topological polar surface area (TPSA) is 65.0 Å². The molecular formula is C13H12N4O2S. The van der Waals surface area contributed by atoms with Crippen LogP contribution in [0, 0.1) is 4.77 Å². The first-order valence-corrected chi connectivity index (χ1v) is 6.30. The number of hydrogen-bond acceptors (Lipinski definition) is 5. The Balaban J connectivity index is 2.37. The highest BCUT2D eigenvalue weighted by atomic mass is 32.1. The molecule has 0 bridgehead atoms. The number of imidazole rings is 1. The van der Waals surface area contributed by atoms with Crippen LogP contribution in [0.4, 0.5) is 0 Å². The molecule has 7 heteroatoms. The van der Waals surface area contributed by atoms with Crippen molar-refractivity contribution in [2.24, 2.45) is 0 Å². The molecule has 0 spiro atoms. The molecule has 1 N–H and O–H groups in total. The van der Waals surface area contributed by atoms with Crippen LogP contribution in [0.2, 0.25) is 0 Å². The number of aromatic amines is 1. The van der Waals surface area contributed by atoms with Gasteiger partial charge in [-0.3, -0.25) is 4.57 Å². The lowest BCUT2D eigenvalue weighted by molar-refractivity contribution is 0.401. The van der Waals surface area contributed by atoms with Crippen molar-refractivity contribution in [1.82, 2.24) is 19.5 Å². The number of hydrogen-bond donors (Lipinski definition) is 1. The summed E-state index contributed by atoms with van der Waals surface area (Å²) in [5.74, 6) is 1.16. The van der Waals surface area contributed by atoms with E-state index in [2.05, 4.69) is 15.0 Å². The molecule has 3 aromatic rings. The van der Waals surface area contributed by atoms with E-state index in [9.17, 15) is 0 Å².